The van der Waals surface area contributed by atoms with Crippen LogP contribution in [0.1, 0.15) is 32.3 Å². The average Bonchev–Trinajstić information content (AvgIpc) is 2.35. The fourth-order valence-electron chi connectivity index (χ4n) is 1.60. The van der Waals surface area contributed by atoms with Crippen molar-refractivity contribution in [3.05, 3.63) is 48.0 Å². The van der Waals surface area contributed by atoms with Crippen LogP contribution in [-0.4, -0.2) is 5.78 Å². The molecule has 1 nitrogen and oxygen atoms in total. The summed E-state index contributed by atoms with van der Waals surface area (Å²) in [7, 11) is 0. The van der Waals surface area contributed by atoms with Crippen LogP contribution in [0.2, 0.25) is 0 Å². The minimum absolute atomic E-state index is 0.114. The smallest absolute Gasteiger partial charge is 0.161 e. The number of rotatable bonds is 6. The molecule has 1 rings (SSSR count). The summed E-state index contributed by atoms with van der Waals surface area (Å²) in [6.07, 6.45) is 2.57. The van der Waals surface area contributed by atoms with Crippen LogP contribution in [-0.2, 0) is 11.2 Å². The maximum atomic E-state index is 11.8. The fraction of sp³-hybridized carbons (Fsp3) is 0.400. The molecule has 0 saturated heterocycles. The first-order valence-corrected chi connectivity index (χ1v) is 5.91. The third-order valence-corrected chi connectivity index (χ3v) is 2.97. The average molecular weight is 216 g/mol. The first-order chi connectivity index (χ1) is 7.65. The van der Waals surface area contributed by atoms with E-state index >= 15 is 0 Å². The van der Waals surface area contributed by atoms with Crippen LogP contribution in [0.4, 0.5) is 0 Å². The molecular weight excluding hydrogens is 196 g/mol. The lowest BCUT2D eigenvalue weighted by molar-refractivity contribution is -0.118. The first kappa shape index (κ1) is 12.7. The van der Waals surface area contributed by atoms with Crippen molar-refractivity contribution in [3.63, 3.8) is 0 Å². The van der Waals surface area contributed by atoms with Crippen molar-refractivity contribution in [2.24, 2.45) is 5.92 Å². The Morgan fingerprint density at radius 3 is 2.50 bits per heavy atom. The molecule has 1 unspecified atom stereocenters. The van der Waals surface area contributed by atoms with Gasteiger partial charge in [-0.3, -0.25) is 4.79 Å². The second-order valence-corrected chi connectivity index (χ2v) is 4.26. The van der Waals surface area contributed by atoms with Gasteiger partial charge >= 0.3 is 0 Å². The van der Waals surface area contributed by atoms with Crippen LogP contribution < -0.4 is 0 Å². The number of allylic oxidation sites excluding steroid dienone is 1. The zero-order valence-corrected chi connectivity index (χ0v) is 10.2. The molecule has 86 valence electrons. The monoisotopic (exact) mass is 216 g/mol. The zero-order chi connectivity index (χ0) is 12.0. The molecule has 0 saturated carbocycles. The SMILES string of the molecule is C=C(CCc1ccccc1)C(=O)C(C)CC. The quantitative estimate of drug-likeness (QED) is 0.661. The second kappa shape index (κ2) is 6.26. The summed E-state index contributed by atoms with van der Waals surface area (Å²) < 4.78 is 0. The lowest BCUT2D eigenvalue weighted by Gasteiger charge is -2.09. The third kappa shape index (κ3) is 3.65. The van der Waals surface area contributed by atoms with E-state index in [2.05, 4.69) is 18.7 Å². The zero-order valence-electron chi connectivity index (χ0n) is 10.2. The fourth-order valence-corrected chi connectivity index (χ4v) is 1.60. The van der Waals surface area contributed by atoms with Gasteiger partial charge in [0.2, 0.25) is 0 Å². The highest BCUT2D eigenvalue weighted by Crippen LogP contribution is 2.14. The molecule has 1 aromatic rings. The Bertz CT molecular complexity index is 351. The van der Waals surface area contributed by atoms with E-state index in [1.54, 1.807) is 0 Å². The Morgan fingerprint density at radius 2 is 1.94 bits per heavy atom. The van der Waals surface area contributed by atoms with Gasteiger partial charge in [-0.1, -0.05) is 50.8 Å². The van der Waals surface area contributed by atoms with Crippen LogP contribution >= 0.6 is 0 Å². The Balaban J connectivity index is 2.44. The van der Waals surface area contributed by atoms with Gasteiger partial charge in [-0.25, -0.2) is 0 Å². The van der Waals surface area contributed by atoms with Crippen molar-refractivity contribution in [1.82, 2.24) is 0 Å². The van der Waals surface area contributed by atoms with Crippen LogP contribution in [0, 0.1) is 5.92 Å². The van der Waals surface area contributed by atoms with Gasteiger partial charge in [0.25, 0.3) is 0 Å². The van der Waals surface area contributed by atoms with Crippen molar-refractivity contribution in [2.75, 3.05) is 0 Å². The van der Waals surface area contributed by atoms with Gasteiger partial charge in [-0.05, 0) is 30.4 Å². The molecule has 0 heterocycles. The lowest BCUT2D eigenvalue weighted by Crippen LogP contribution is -2.12. The summed E-state index contributed by atoms with van der Waals surface area (Å²) in [5.41, 5.74) is 2.03. The Kier molecular flexibility index (Phi) is 4.97. The largest absolute Gasteiger partial charge is 0.294 e. The lowest BCUT2D eigenvalue weighted by atomic mass is 9.94. The van der Waals surface area contributed by atoms with Crippen LogP contribution in [0.25, 0.3) is 0 Å². The van der Waals surface area contributed by atoms with Crippen LogP contribution in [0.15, 0.2) is 42.5 Å². The first-order valence-electron chi connectivity index (χ1n) is 5.91. The summed E-state index contributed by atoms with van der Waals surface area (Å²) in [6.45, 7) is 7.89. The van der Waals surface area contributed by atoms with Gasteiger partial charge in [-0.15, -0.1) is 0 Å². The van der Waals surface area contributed by atoms with E-state index in [4.69, 9.17) is 0 Å². The van der Waals surface area contributed by atoms with Gasteiger partial charge in [0.1, 0.15) is 0 Å². The van der Waals surface area contributed by atoms with E-state index in [1.807, 2.05) is 32.0 Å². The van der Waals surface area contributed by atoms with E-state index < -0.39 is 0 Å². The Morgan fingerprint density at radius 1 is 1.31 bits per heavy atom. The molecule has 0 N–H and O–H groups in total. The molecule has 1 heteroatoms. The summed E-state index contributed by atoms with van der Waals surface area (Å²) in [6, 6.07) is 10.2. The summed E-state index contributed by atoms with van der Waals surface area (Å²) in [5, 5.41) is 0. The molecule has 0 amide bonds. The van der Waals surface area contributed by atoms with Crippen molar-refractivity contribution in [1.29, 1.82) is 0 Å². The van der Waals surface area contributed by atoms with Crippen molar-refractivity contribution >= 4 is 5.78 Å². The number of carbonyl (C=O) groups is 1. The highest BCUT2D eigenvalue weighted by atomic mass is 16.1. The third-order valence-electron chi connectivity index (χ3n) is 2.97. The highest BCUT2D eigenvalue weighted by Gasteiger charge is 2.13. The predicted molar refractivity (Wildman–Crippen MR) is 68.4 cm³/mol. The van der Waals surface area contributed by atoms with Crippen molar-refractivity contribution in [3.8, 4) is 0 Å². The highest BCUT2D eigenvalue weighted by molar-refractivity contribution is 5.96. The molecule has 0 aliphatic carbocycles. The van der Waals surface area contributed by atoms with Gasteiger partial charge in [0, 0.05) is 5.92 Å². The molecule has 0 spiro atoms. The number of ketones is 1. The number of hydrogen-bond acceptors (Lipinski definition) is 1. The van der Waals surface area contributed by atoms with E-state index in [9.17, 15) is 4.79 Å². The summed E-state index contributed by atoms with van der Waals surface area (Å²) >= 11 is 0. The Labute approximate surface area is 98.2 Å². The van der Waals surface area contributed by atoms with Gasteiger partial charge < -0.3 is 0 Å². The topological polar surface area (TPSA) is 17.1 Å². The Hall–Kier alpha value is -1.37. The van der Waals surface area contributed by atoms with E-state index in [0.717, 1.165) is 24.8 Å². The summed E-state index contributed by atoms with van der Waals surface area (Å²) in [4.78, 5) is 11.8. The molecule has 1 atom stereocenters. The molecule has 0 aromatic heterocycles. The molecule has 0 radical (unpaired) electrons. The minimum Gasteiger partial charge on any atom is -0.294 e. The van der Waals surface area contributed by atoms with Gasteiger partial charge in [-0.2, -0.15) is 0 Å². The predicted octanol–water partition coefficient (Wildman–Crippen LogP) is 3.79. The van der Waals surface area contributed by atoms with E-state index in [0.29, 0.717) is 0 Å². The second-order valence-electron chi connectivity index (χ2n) is 4.26. The number of aryl methyl sites for hydroxylation is 1. The van der Waals surface area contributed by atoms with Crippen molar-refractivity contribution < 1.29 is 4.79 Å². The van der Waals surface area contributed by atoms with Gasteiger partial charge in [0.15, 0.2) is 5.78 Å². The number of benzene rings is 1. The minimum atomic E-state index is 0.114. The molecule has 16 heavy (non-hydrogen) atoms. The molecule has 0 aliphatic rings. The molecule has 1 aromatic carbocycles. The van der Waals surface area contributed by atoms with E-state index in [1.165, 1.54) is 5.56 Å². The van der Waals surface area contributed by atoms with Crippen LogP contribution in [0.3, 0.4) is 0 Å². The molecule has 0 fully saturated rings. The number of Topliss-reactive ketones (excluding diaryl/α,β-unsaturated/α-hetero) is 1. The number of hydrogen-bond donors (Lipinski definition) is 0. The maximum Gasteiger partial charge on any atom is 0.161 e. The molecule has 0 aliphatic heterocycles. The van der Waals surface area contributed by atoms with E-state index in [-0.39, 0.29) is 11.7 Å². The summed E-state index contributed by atoms with van der Waals surface area (Å²) in [5.74, 6) is 0.335. The van der Waals surface area contributed by atoms with Crippen LogP contribution in [0.5, 0.6) is 0 Å². The standard InChI is InChI=1S/C15H20O/c1-4-12(2)15(16)13(3)10-11-14-8-6-5-7-9-14/h5-9,12H,3-4,10-11H2,1-2H3. The normalized spacial score (nSPS) is 12.1. The molecular formula is C15H20O. The van der Waals surface area contributed by atoms with Crippen molar-refractivity contribution in [2.45, 2.75) is 33.1 Å². The van der Waals surface area contributed by atoms with Gasteiger partial charge in [0.05, 0.1) is 0 Å². The maximum absolute atomic E-state index is 11.8. The molecule has 0 bridgehead atoms. The number of carbonyl (C=O) groups excluding carboxylic acids is 1.